The van der Waals surface area contributed by atoms with Crippen LogP contribution in [0.1, 0.15) is 25.2 Å². The predicted octanol–water partition coefficient (Wildman–Crippen LogP) is 2.53. The standard InChI is InChI=1S/C13H14N2O3/c16-12(17)9-5-4-8-11-14-13(15-18-11)10-6-2-1-3-7-10/h1-3,6-7H,4-5,8-9H2,(H,16,17). The quantitative estimate of drug-likeness (QED) is 0.792. The molecular formula is C13H14N2O3. The molecule has 0 saturated carbocycles. The molecule has 1 aromatic carbocycles. The first-order valence-electron chi connectivity index (χ1n) is 5.85. The van der Waals surface area contributed by atoms with E-state index in [4.69, 9.17) is 9.63 Å². The molecule has 2 aromatic rings. The molecule has 5 heteroatoms. The van der Waals surface area contributed by atoms with Crippen LogP contribution in [0.2, 0.25) is 0 Å². The summed E-state index contributed by atoms with van der Waals surface area (Å²) in [5, 5.41) is 12.4. The van der Waals surface area contributed by atoms with Crippen molar-refractivity contribution in [2.24, 2.45) is 0 Å². The van der Waals surface area contributed by atoms with E-state index >= 15 is 0 Å². The number of carboxylic acids is 1. The molecular weight excluding hydrogens is 232 g/mol. The molecule has 0 fully saturated rings. The minimum atomic E-state index is -0.773. The van der Waals surface area contributed by atoms with Crippen LogP contribution in [0.5, 0.6) is 0 Å². The van der Waals surface area contributed by atoms with Gasteiger partial charge in [-0.3, -0.25) is 4.79 Å². The van der Waals surface area contributed by atoms with Crippen LogP contribution in [0.15, 0.2) is 34.9 Å². The number of aliphatic carboxylic acids is 1. The molecule has 0 unspecified atom stereocenters. The van der Waals surface area contributed by atoms with Crippen molar-refractivity contribution in [3.05, 3.63) is 36.2 Å². The number of rotatable bonds is 6. The topological polar surface area (TPSA) is 76.2 Å². The van der Waals surface area contributed by atoms with Crippen LogP contribution in [0.4, 0.5) is 0 Å². The van der Waals surface area contributed by atoms with E-state index in [0.29, 0.717) is 24.6 Å². The van der Waals surface area contributed by atoms with Gasteiger partial charge in [0.05, 0.1) is 0 Å². The second-order valence-corrected chi connectivity index (χ2v) is 3.98. The van der Waals surface area contributed by atoms with E-state index in [-0.39, 0.29) is 6.42 Å². The van der Waals surface area contributed by atoms with Crippen molar-refractivity contribution < 1.29 is 14.4 Å². The maximum atomic E-state index is 10.3. The van der Waals surface area contributed by atoms with E-state index in [2.05, 4.69) is 10.1 Å². The van der Waals surface area contributed by atoms with Crippen molar-refractivity contribution in [1.29, 1.82) is 0 Å². The minimum Gasteiger partial charge on any atom is -0.481 e. The van der Waals surface area contributed by atoms with Gasteiger partial charge in [-0.2, -0.15) is 4.98 Å². The van der Waals surface area contributed by atoms with Crippen molar-refractivity contribution in [1.82, 2.24) is 10.1 Å². The highest BCUT2D eigenvalue weighted by Crippen LogP contribution is 2.15. The Hall–Kier alpha value is -2.17. The Morgan fingerprint density at radius 2 is 2.00 bits per heavy atom. The SMILES string of the molecule is O=C(O)CCCCc1nc(-c2ccccc2)no1. The third-order valence-corrected chi connectivity index (χ3v) is 2.53. The van der Waals surface area contributed by atoms with Crippen molar-refractivity contribution in [3.8, 4) is 11.4 Å². The lowest BCUT2D eigenvalue weighted by molar-refractivity contribution is -0.137. The molecule has 0 radical (unpaired) electrons. The molecule has 0 aliphatic heterocycles. The summed E-state index contributed by atoms with van der Waals surface area (Å²) in [6, 6.07) is 9.59. The van der Waals surface area contributed by atoms with Gasteiger partial charge in [-0.15, -0.1) is 0 Å². The van der Waals surface area contributed by atoms with Gasteiger partial charge in [0.25, 0.3) is 0 Å². The van der Waals surface area contributed by atoms with Crippen LogP contribution in [0.3, 0.4) is 0 Å². The zero-order valence-electron chi connectivity index (χ0n) is 9.87. The maximum Gasteiger partial charge on any atom is 0.303 e. The van der Waals surface area contributed by atoms with E-state index < -0.39 is 5.97 Å². The largest absolute Gasteiger partial charge is 0.481 e. The molecule has 0 aliphatic carbocycles. The van der Waals surface area contributed by atoms with Crippen LogP contribution < -0.4 is 0 Å². The predicted molar refractivity (Wildman–Crippen MR) is 64.9 cm³/mol. The lowest BCUT2D eigenvalue weighted by atomic mass is 10.2. The highest BCUT2D eigenvalue weighted by Gasteiger charge is 2.08. The van der Waals surface area contributed by atoms with E-state index in [1.54, 1.807) is 0 Å². The van der Waals surface area contributed by atoms with Crippen molar-refractivity contribution in [2.75, 3.05) is 0 Å². The third kappa shape index (κ3) is 3.41. The summed E-state index contributed by atoms with van der Waals surface area (Å²) in [5.74, 6) is 0.355. The number of nitrogens with zero attached hydrogens (tertiary/aromatic N) is 2. The Kier molecular flexibility index (Phi) is 4.06. The summed E-state index contributed by atoms with van der Waals surface area (Å²) in [5.41, 5.74) is 0.915. The highest BCUT2D eigenvalue weighted by molar-refractivity contribution is 5.66. The van der Waals surface area contributed by atoms with Gasteiger partial charge in [0.1, 0.15) is 0 Å². The summed E-state index contributed by atoms with van der Waals surface area (Å²) in [6.07, 6.45) is 2.16. The zero-order chi connectivity index (χ0) is 12.8. The average molecular weight is 246 g/mol. The second kappa shape index (κ2) is 5.95. The van der Waals surface area contributed by atoms with Gasteiger partial charge in [-0.05, 0) is 12.8 Å². The summed E-state index contributed by atoms with van der Waals surface area (Å²) in [7, 11) is 0. The van der Waals surface area contributed by atoms with E-state index in [0.717, 1.165) is 12.0 Å². The van der Waals surface area contributed by atoms with Crippen LogP contribution in [0.25, 0.3) is 11.4 Å². The molecule has 0 aliphatic rings. The molecule has 18 heavy (non-hydrogen) atoms. The molecule has 0 saturated heterocycles. The third-order valence-electron chi connectivity index (χ3n) is 2.53. The minimum absolute atomic E-state index is 0.180. The highest BCUT2D eigenvalue weighted by atomic mass is 16.5. The first kappa shape index (κ1) is 12.3. The van der Waals surface area contributed by atoms with Crippen LogP contribution in [-0.4, -0.2) is 21.2 Å². The summed E-state index contributed by atoms with van der Waals surface area (Å²) >= 11 is 0. The summed E-state index contributed by atoms with van der Waals surface area (Å²) in [6.45, 7) is 0. The molecule has 0 amide bonds. The van der Waals surface area contributed by atoms with Gasteiger partial charge in [-0.1, -0.05) is 35.5 Å². The number of unbranched alkanes of at least 4 members (excludes halogenated alkanes) is 1. The van der Waals surface area contributed by atoms with E-state index in [1.807, 2.05) is 30.3 Å². The molecule has 1 heterocycles. The fourth-order valence-corrected chi connectivity index (χ4v) is 1.61. The fourth-order valence-electron chi connectivity index (χ4n) is 1.61. The number of benzene rings is 1. The van der Waals surface area contributed by atoms with Crippen molar-refractivity contribution in [3.63, 3.8) is 0 Å². The molecule has 94 valence electrons. The zero-order valence-corrected chi connectivity index (χ0v) is 9.87. The second-order valence-electron chi connectivity index (χ2n) is 3.98. The Morgan fingerprint density at radius 1 is 1.22 bits per heavy atom. The average Bonchev–Trinajstić information content (AvgIpc) is 2.84. The Balaban J connectivity index is 1.89. The molecule has 5 nitrogen and oxygen atoms in total. The van der Waals surface area contributed by atoms with Gasteiger partial charge in [0.15, 0.2) is 0 Å². The lowest BCUT2D eigenvalue weighted by Gasteiger charge is -1.93. The van der Waals surface area contributed by atoms with Crippen molar-refractivity contribution >= 4 is 5.97 Å². The molecule has 0 spiro atoms. The van der Waals surface area contributed by atoms with Gasteiger partial charge in [-0.25, -0.2) is 0 Å². The van der Waals surface area contributed by atoms with Crippen LogP contribution >= 0.6 is 0 Å². The van der Waals surface area contributed by atoms with E-state index in [1.165, 1.54) is 0 Å². The smallest absolute Gasteiger partial charge is 0.303 e. The fraction of sp³-hybridized carbons (Fsp3) is 0.308. The molecule has 1 N–H and O–H groups in total. The normalized spacial score (nSPS) is 10.4. The monoisotopic (exact) mass is 246 g/mol. The molecule has 2 rings (SSSR count). The van der Waals surface area contributed by atoms with Gasteiger partial charge in [0.2, 0.25) is 11.7 Å². The molecule has 1 aromatic heterocycles. The first-order valence-corrected chi connectivity index (χ1v) is 5.85. The van der Waals surface area contributed by atoms with Crippen molar-refractivity contribution in [2.45, 2.75) is 25.7 Å². The number of hydrogen-bond acceptors (Lipinski definition) is 4. The Morgan fingerprint density at radius 3 is 2.72 bits per heavy atom. The Bertz CT molecular complexity index is 508. The maximum absolute atomic E-state index is 10.3. The van der Waals surface area contributed by atoms with Crippen LogP contribution in [0, 0.1) is 0 Å². The van der Waals surface area contributed by atoms with Gasteiger partial charge < -0.3 is 9.63 Å². The van der Waals surface area contributed by atoms with Crippen LogP contribution in [-0.2, 0) is 11.2 Å². The Labute approximate surface area is 104 Å². The molecule has 0 atom stereocenters. The summed E-state index contributed by atoms with van der Waals surface area (Å²) in [4.78, 5) is 14.6. The first-order chi connectivity index (χ1) is 8.75. The number of carbonyl (C=O) groups is 1. The number of carboxylic acid groups (broad SMARTS) is 1. The number of hydrogen-bond donors (Lipinski definition) is 1. The lowest BCUT2D eigenvalue weighted by Crippen LogP contribution is -1.95. The number of aryl methyl sites for hydroxylation is 1. The van der Waals surface area contributed by atoms with Gasteiger partial charge in [0, 0.05) is 18.4 Å². The van der Waals surface area contributed by atoms with E-state index in [9.17, 15) is 4.79 Å². The molecule has 0 bridgehead atoms. The number of aromatic nitrogens is 2. The summed E-state index contributed by atoms with van der Waals surface area (Å²) < 4.78 is 5.12. The van der Waals surface area contributed by atoms with Gasteiger partial charge >= 0.3 is 5.97 Å².